The van der Waals surface area contributed by atoms with Crippen LogP contribution in [0.3, 0.4) is 0 Å². The molecule has 6 N–H and O–H groups in total. The number of aromatic nitrogens is 2. The number of hydrogen-bond donors (Lipinski definition) is 5. The van der Waals surface area contributed by atoms with Gasteiger partial charge in [-0.3, -0.25) is 9.59 Å². The summed E-state index contributed by atoms with van der Waals surface area (Å²) in [5.74, 6) is 0.116. The molecule has 1 fully saturated rings. The van der Waals surface area contributed by atoms with Gasteiger partial charge in [-0.2, -0.15) is 0 Å². The van der Waals surface area contributed by atoms with Gasteiger partial charge in [0, 0.05) is 19.0 Å². The van der Waals surface area contributed by atoms with Crippen molar-refractivity contribution in [3.05, 3.63) is 54.1 Å². The highest BCUT2D eigenvalue weighted by molar-refractivity contribution is 5.90. The van der Waals surface area contributed by atoms with Crippen molar-refractivity contribution in [2.45, 2.75) is 109 Å². The van der Waals surface area contributed by atoms with Gasteiger partial charge in [0.2, 0.25) is 5.91 Å². The number of rotatable bonds is 16. The fourth-order valence-corrected chi connectivity index (χ4v) is 6.00. The van der Waals surface area contributed by atoms with E-state index in [1.54, 1.807) is 6.20 Å². The van der Waals surface area contributed by atoms with Gasteiger partial charge in [0.1, 0.15) is 6.04 Å². The zero-order valence-corrected chi connectivity index (χ0v) is 25.3. The summed E-state index contributed by atoms with van der Waals surface area (Å²) < 4.78 is 5.16. The summed E-state index contributed by atoms with van der Waals surface area (Å²) in [4.78, 5) is 46.0. The molecular weight excluding hydrogens is 534 g/mol. The lowest BCUT2D eigenvalue weighted by molar-refractivity contribution is -0.134. The number of ether oxygens (including phenoxy) is 1. The molecule has 3 amide bonds. The molecule has 0 aliphatic heterocycles. The molecule has 10 heteroatoms. The van der Waals surface area contributed by atoms with Gasteiger partial charge in [-0.05, 0) is 36.2 Å². The summed E-state index contributed by atoms with van der Waals surface area (Å²) in [5.41, 5.74) is 6.64. The molecule has 1 aliphatic rings. The molecule has 0 bridgehead atoms. The lowest BCUT2D eigenvalue weighted by atomic mass is 9.80. The van der Waals surface area contributed by atoms with E-state index < -0.39 is 42.2 Å². The number of imidazole rings is 1. The Hall–Kier alpha value is -3.40. The predicted octanol–water partition coefficient (Wildman–Crippen LogP) is 4.03. The van der Waals surface area contributed by atoms with E-state index in [-0.39, 0.29) is 12.8 Å². The van der Waals surface area contributed by atoms with Gasteiger partial charge >= 0.3 is 6.09 Å². The van der Waals surface area contributed by atoms with Crippen molar-refractivity contribution in [1.29, 1.82) is 0 Å². The van der Waals surface area contributed by atoms with E-state index in [0.717, 1.165) is 37.7 Å². The standard InChI is InChI=1S/C32H49N5O5/c1-4-24(21(2)3)17-28(38)26(15-22-11-7-5-8-12-22)36-30(39)27(18-25-19-34-20-35-25)37-31(40)29(42-32(33)41)16-23-13-9-6-10-14-23/h6,9-10,13-14,19-22,24,26-29,38H,4-5,7-8,11-12,15-18H2,1-3H3,(H2,33,41)(H,34,35)(H,36,39)(H,37,40)/t24-,26-,27-,28-,29-/m0/s1. The Morgan fingerprint density at radius 3 is 2.38 bits per heavy atom. The summed E-state index contributed by atoms with van der Waals surface area (Å²) in [6.07, 6.45) is 8.29. The molecule has 1 saturated carbocycles. The first-order chi connectivity index (χ1) is 20.2. The number of nitrogens with zero attached hydrogens (tertiary/aromatic N) is 1. The van der Waals surface area contributed by atoms with Gasteiger partial charge < -0.3 is 31.2 Å². The van der Waals surface area contributed by atoms with Crippen molar-refractivity contribution >= 4 is 17.9 Å². The van der Waals surface area contributed by atoms with Gasteiger partial charge in [0.15, 0.2) is 6.10 Å². The Kier molecular flexibility index (Phi) is 13.3. The number of carbonyl (C=O) groups is 3. The summed E-state index contributed by atoms with van der Waals surface area (Å²) in [5, 5.41) is 17.3. The molecule has 5 atom stereocenters. The van der Waals surface area contributed by atoms with Crippen LogP contribution < -0.4 is 16.4 Å². The van der Waals surface area contributed by atoms with Crippen molar-refractivity contribution in [1.82, 2.24) is 20.6 Å². The van der Waals surface area contributed by atoms with E-state index in [4.69, 9.17) is 10.5 Å². The van der Waals surface area contributed by atoms with E-state index in [0.29, 0.717) is 36.3 Å². The van der Waals surface area contributed by atoms with Crippen LogP contribution in [-0.4, -0.2) is 57.3 Å². The molecule has 0 saturated heterocycles. The quantitative estimate of drug-likeness (QED) is 0.201. The third kappa shape index (κ3) is 10.8. The predicted molar refractivity (Wildman–Crippen MR) is 161 cm³/mol. The maximum Gasteiger partial charge on any atom is 0.405 e. The van der Waals surface area contributed by atoms with Gasteiger partial charge in [-0.25, -0.2) is 9.78 Å². The first kappa shape index (κ1) is 33.1. The van der Waals surface area contributed by atoms with Crippen molar-refractivity contribution in [2.75, 3.05) is 0 Å². The van der Waals surface area contributed by atoms with Crippen molar-refractivity contribution in [3.63, 3.8) is 0 Å². The van der Waals surface area contributed by atoms with Crippen molar-refractivity contribution < 1.29 is 24.2 Å². The summed E-state index contributed by atoms with van der Waals surface area (Å²) in [6, 6.07) is 7.66. The molecule has 1 heterocycles. The summed E-state index contributed by atoms with van der Waals surface area (Å²) in [7, 11) is 0. The Morgan fingerprint density at radius 2 is 1.79 bits per heavy atom. The second-order valence-electron chi connectivity index (χ2n) is 12.0. The van der Waals surface area contributed by atoms with Crippen molar-refractivity contribution in [3.8, 4) is 0 Å². The molecule has 1 aromatic heterocycles. The highest BCUT2D eigenvalue weighted by Crippen LogP contribution is 2.30. The molecule has 1 aliphatic carbocycles. The summed E-state index contributed by atoms with van der Waals surface area (Å²) in [6.45, 7) is 6.44. The fourth-order valence-electron chi connectivity index (χ4n) is 6.00. The Morgan fingerprint density at radius 1 is 1.07 bits per heavy atom. The second-order valence-corrected chi connectivity index (χ2v) is 12.0. The number of nitrogens with one attached hydrogen (secondary N) is 3. The van der Waals surface area contributed by atoms with E-state index in [1.165, 1.54) is 12.7 Å². The first-order valence-electron chi connectivity index (χ1n) is 15.4. The normalized spacial score (nSPS) is 17.5. The molecule has 0 radical (unpaired) electrons. The Labute approximate surface area is 249 Å². The average Bonchev–Trinajstić information content (AvgIpc) is 3.48. The van der Waals surface area contributed by atoms with Crippen LogP contribution in [0, 0.1) is 17.8 Å². The van der Waals surface area contributed by atoms with Crippen LogP contribution >= 0.6 is 0 Å². The molecule has 1 aromatic carbocycles. The number of aliphatic hydroxyl groups excluding tert-OH is 1. The average molecular weight is 584 g/mol. The van der Waals surface area contributed by atoms with Gasteiger partial charge in [-0.15, -0.1) is 0 Å². The van der Waals surface area contributed by atoms with Crippen LogP contribution in [0.1, 0.15) is 83.4 Å². The molecule has 3 rings (SSSR count). The van der Waals surface area contributed by atoms with E-state index in [1.807, 2.05) is 30.3 Å². The minimum Gasteiger partial charge on any atom is -0.436 e. The number of primary amides is 1. The number of H-pyrrole nitrogens is 1. The Bertz CT molecular complexity index is 1090. The second kappa shape index (κ2) is 16.9. The highest BCUT2D eigenvalue weighted by Gasteiger charge is 2.33. The monoisotopic (exact) mass is 583 g/mol. The lowest BCUT2D eigenvalue weighted by Crippen LogP contribution is -2.56. The number of aromatic amines is 1. The van der Waals surface area contributed by atoms with Gasteiger partial charge in [-0.1, -0.05) is 89.6 Å². The van der Waals surface area contributed by atoms with E-state index in [9.17, 15) is 19.5 Å². The lowest BCUT2D eigenvalue weighted by Gasteiger charge is -2.33. The number of amides is 3. The third-order valence-electron chi connectivity index (χ3n) is 8.53. The van der Waals surface area contributed by atoms with Crippen molar-refractivity contribution in [2.24, 2.45) is 23.5 Å². The zero-order valence-electron chi connectivity index (χ0n) is 25.3. The van der Waals surface area contributed by atoms with Gasteiger partial charge in [0.05, 0.1) is 24.2 Å². The topological polar surface area (TPSA) is 159 Å². The molecule has 0 spiro atoms. The largest absolute Gasteiger partial charge is 0.436 e. The number of aliphatic hydroxyl groups is 1. The van der Waals surface area contributed by atoms with Crippen LogP contribution in [0.5, 0.6) is 0 Å². The fraction of sp³-hybridized carbons (Fsp3) is 0.625. The maximum absolute atomic E-state index is 13.8. The van der Waals surface area contributed by atoms with Crippen LogP contribution in [0.15, 0.2) is 42.9 Å². The molecular formula is C32H49N5O5. The summed E-state index contributed by atoms with van der Waals surface area (Å²) >= 11 is 0. The SMILES string of the molecule is CC[C@@H](C[C@H](O)[C@H](CC1CCCCC1)NC(=O)[C@H](Cc1c[nH]cn1)NC(=O)[C@H](Cc1ccccc1)OC(N)=O)C(C)C. The molecule has 10 nitrogen and oxygen atoms in total. The third-order valence-corrected chi connectivity index (χ3v) is 8.53. The Balaban J connectivity index is 1.80. The zero-order chi connectivity index (χ0) is 30.5. The highest BCUT2D eigenvalue weighted by atomic mass is 16.6. The molecule has 0 unspecified atom stereocenters. The number of nitrogens with two attached hydrogens (primary N) is 1. The number of carbonyl (C=O) groups excluding carboxylic acids is 3. The number of hydrogen-bond acceptors (Lipinski definition) is 6. The maximum atomic E-state index is 13.8. The molecule has 2 aromatic rings. The van der Waals surface area contributed by atoms with Crippen LogP contribution in [-0.2, 0) is 27.2 Å². The van der Waals surface area contributed by atoms with E-state index >= 15 is 0 Å². The molecule has 42 heavy (non-hydrogen) atoms. The van der Waals surface area contributed by atoms with Gasteiger partial charge in [0.25, 0.3) is 5.91 Å². The minimum absolute atomic E-state index is 0.100. The van der Waals surface area contributed by atoms with E-state index in [2.05, 4.69) is 41.4 Å². The molecule has 232 valence electrons. The van der Waals surface area contributed by atoms with Crippen LogP contribution in [0.4, 0.5) is 4.79 Å². The van der Waals surface area contributed by atoms with Crippen LogP contribution in [0.25, 0.3) is 0 Å². The minimum atomic E-state index is -1.22. The number of benzene rings is 1. The smallest absolute Gasteiger partial charge is 0.405 e. The first-order valence-corrected chi connectivity index (χ1v) is 15.4. The van der Waals surface area contributed by atoms with Crippen LogP contribution in [0.2, 0.25) is 0 Å².